The van der Waals surface area contributed by atoms with Gasteiger partial charge in [0.05, 0.1) is 0 Å². The average Bonchev–Trinajstić information content (AvgIpc) is 2.50. The van der Waals surface area contributed by atoms with E-state index in [4.69, 9.17) is 5.73 Å². The molecule has 0 unspecified atom stereocenters. The van der Waals surface area contributed by atoms with Crippen LogP contribution in [0.2, 0.25) is 0 Å². The van der Waals surface area contributed by atoms with E-state index in [1.807, 2.05) is 7.05 Å². The van der Waals surface area contributed by atoms with Crippen LogP contribution in [0.15, 0.2) is 24.3 Å². The van der Waals surface area contributed by atoms with Crippen molar-refractivity contribution in [2.24, 2.45) is 5.73 Å². The number of hydrogen-bond acceptors (Lipinski definition) is 3. The van der Waals surface area contributed by atoms with E-state index in [2.05, 4.69) is 29.2 Å². The van der Waals surface area contributed by atoms with Crippen molar-refractivity contribution in [1.29, 1.82) is 0 Å². The summed E-state index contributed by atoms with van der Waals surface area (Å²) in [5, 5.41) is 0. The second kappa shape index (κ2) is 7.29. The highest BCUT2D eigenvalue weighted by Crippen LogP contribution is 2.26. The van der Waals surface area contributed by atoms with E-state index in [0.717, 1.165) is 32.5 Å². The van der Waals surface area contributed by atoms with Crippen LogP contribution in [-0.2, 0) is 11.2 Å². The molecule has 1 heterocycles. The molecule has 2 rings (SSSR count). The van der Waals surface area contributed by atoms with Gasteiger partial charge in [-0.15, -0.1) is 0 Å². The van der Waals surface area contributed by atoms with Gasteiger partial charge in [-0.05, 0) is 37.4 Å². The Hall–Kier alpha value is -1.55. The summed E-state index contributed by atoms with van der Waals surface area (Å²) in [6, 6.07) is 8.52. The number of nitrogens with two attached hydrogens (primary N) is 1. The van der Waals surface area contributed by atoms with E-state index in [0.29, 0.717) is 13.0 Å². The van der Waals surface area contributed by atoms with Crippen molar-refractivity contribution in [3.8, 4) is 0 Å². The molecule has 0 saturated heterocycles. The molecular formula is C16H25N3O. The zero-order valence-electron chi connectivity index (χ0n) is 12.3. The lowest BCUT2D eigenvalue weighted by Gasteiger charge is -2.31. The lowest BCUT2D eigenvalue weighted by molar-refractivity contribution is -0.129. The first-order valence-corrected chi connectivity index (χ1v) is 7.49. The van der Waals surface area contributed by atoms with Gasteiger partial charge in [0, 0.05) is 38.8 Å². The Morgan fingerprint density at radius 2 is 2.20 bits per heavy atom. The quantitative estimate of drug-likeness (QED) is 0.858. The molecule has 0 radical (unpaired) electrons. The van der Waals surface area contributed by atoms with Gasteiger partial charge in [0.25, 0.3) is 0 Å². The molecule has 1 aromatic carbocycles. The van der Waals surface area contributed by atoms with Crippen molar-refractivity contribution in [3.05, 3.63) is 29.8 Å². The van der Waals surface area contributed by atoms with E-state index in [1.165, 1.54) is 17.7 Å². The summed E-state index contributed by atoms with van der Waals surface area (Å²) in [5.41, 5.74) is 8.18. The van der Waals surface area contributed by atoms with Gasteiger partial charge in [-0.1, -0.05) is 18.2 Å². The second-order valence-electron chi connectivity index (χ2n) is 5.43. The summed E-state index contributed by atoms with van der Waals surface area (Å²) in [7, 11) is 1.86. The van der Waals surface area contributed by atoms with Crippen molar-refractivity contribution in [1.82, 2.24) is 4.90 Å². The Labute approximate surface area is 121 Å². The van der Waals surface area contributed by atoms with E-state index in [-0.39, 0.29) is 5.91 Å². The first-order chi connectivity index (χ1) is 9.72. The maximum atomic E-state index is 12.1. The molecule has 0 aromatic heterocycles. The number of benzene rings is 1. The summed E-state index contributed by atoms with van der Waals surface area (Å²) >= 11 is 0. The molecule has 2 N–H and O–H groups in total. The van der Waals surface area contributed by atoms with Crippen molar-refractivity contribution < 1.29 is 4.79 Å². The molecule has 1 aromatic rings. The lowest BCUT2D eigenvalue weighted by Crippen LogP contribution is -2.35. The molecule has 0 saturated carbocycles. The standard InChI is InChI=1S/C16H25N3O/c1-18(11-5-10-17)16(20)9-13-19-12-4-7-14-6-2-3-8-15(14)19/h2-3,6,8H,4-5,7,9-13,17H2,1H3. The summed E-state index contributed by atoms with van der Waals surface area (Å²) in [6.07, 6.45) is 3.77. The highest BCUT2D eigenvalue weighted by atomic mass is 16.2. The molecule has 110 valence electrons. The minimum absolute atomic E-state index is 0.210. The van der Waals surface area contributed by atoms with Crippen LogP contribution in [0.25, 0.3) is 0 Å². The summed E-state index contributed by atoms with van der Waals surface area (Å²) in [4.78, 5) is 16.2. The van der Waals surface area contributed by atoms with Crippen LogP contribution in [0, 0.1) is 0 Å². The topological polar surface area (TPSA) is 49.6 Å². The number of rotatable bonds is 6. The fourth-order valence-electron chi connectivity index (χ4n) is 2.72. The Balaban J connectivity index is 1.87. The van der Waals surface area contributed by atoms with Gasteiger partial charge < -0.3 is 15.5 Å². The highest BCUT2D eigenvalue weighted by molar-refractivity contribution is 5.76. The molecule has 1 aliphatic rings. The first kappa shape index (κ1) is 14.9. The van der Waals surface area contributed by atoms with E-state index in [9.17, 15) is 4.79 Å². The van der Waals surface area contributed by atoms with Crippen molar-refractivity contribution in [2.75, 3.05) is 38.1 Å². The maximum Gasteiger partial charge on any atom is 0.224 e. The van der Waals surface area contributed by atoms with Crippen LogP contribution >= 0.6 is 0 Å². The molecule has 1 aliphatic heterocycles. The molecule has 0 atom stereocenters. The predicted molar refractivity (Wildman–Crippen MR) is 82.9 cm³/mol. The van der Waals surface area contributed by atoms with Gasteiger partial charge in [-0.3, -0.25) is 4.79 Å². The number of carbonyl (C=O) groups is 1. The van der Waals surface area contributed by atoms with Crippen molar-refractivity contribution in [2.45, 2.75) is 25.7 Å². The molecule has 0 spiro atoms. The van der Waals surface area contributed by atoms with Crippen LogP contribution in [0.3, 0.4) is 0 Å². The average molecular weight is 275 g/mol. The summed E-state index contributed by atoms with van der Waals surface area (Å²) in [6.45, 7) is 3.25. The maximum absolute atomic E-state index is 12.1. The van der Waals surface area contributed by atoms with Crippen LogP contribution in [-0.4, -0.2) is 44.0 Å². The Bertz CT molecular complexity index is 447. The van der Waals surface area contributed by atoms with Gasteiger partial charge in [-0.2, -0.15) is 0 Å². The van der Waals surface area contributed by atoms with Crippen molar-refractivity contribution >= 4 is 11.6 Å². The minimum atomic E-state index is 0.210. The number of nitrogens with zero attached hydrogens (tertiary/aromatic N) is 2. The zero-order chi connectivity index (χ0) is 14.4. The number of hydrogen-bond donors (Lipinski definition) is 1. The fourth-order valence-corrected chi connectivity index (χ4v) is 2.72. The fraction of sp³-hybridized carbons (Fsp3) is 0.562. The molecule has 0 bridgehead atoms. The highest BCUT2D eigenvalue weighted by Gasteiger charge is 2.17. The Kier molecular flexibility index (Phi) is 5.41. The van der Waals surface area contributed by atoms with Crippen LogP contribution < -0.4 is 10.6 Å². The monoisotopic (exact) mass is 275 g/mol. The number of fused-ring (bicyclic) bond motifs is 1. The number of aryl methyl sites for hydroxylation is 1. The van der Waals surface area contributed by atoms with Crippen molar-refractivity contribution in [3.63, 3.8) is 0 Å². The van der Waals surface area contributed by atoms with E-state index >= 15 is 0 Å². The minimum Gasteiger partial charge on any atom is -0.371 e. The largest absolute Gasteiger partial charge is 0.371 e. The number of para-hydroxylation sites is 1. The van der Waals surface area contributed by atoms with Gasteiger partial charge in [0.15, 0.2) is 0 Å². The molecule has 4 nitrogen and oxygen atoms in total. The molecule has 20 heavy (non-hydrogen) atoms. The van der Waals surface area contributed by atoms with Crippen LogP contribution in [0.1, 0.15) is 24.8 Å². The Morgan fingerprint density at radius 1 is 1.40 bits per heavy atom. The Morgan fingerprint density at radius 3 is 3.00 bits per heavy atom. The molecule has 4 heteroatoms. The van der Waals surface area contributed by atoms with Crippen LogP contribution in [0.4, 0.5) is 5.69 Å². The number of carbonyl (C=O) groups excluding carboxylic acids is 1. The molecule has 1 amide bonds. The normalized spacial score (nSPS) is 14.0. The lowest BCUT2D eigenvalue weighted by atomic mass is 10.0. The second-order valence-corrected chi connectivity index (χ2v) is 5.43. The van der Waals surface area contributed by atoms with Gasteiger partial charge in [0.1, 0.15) is 0 Å². The summed E-state index contributed by atoms with van der Waals surface area (Å²) in [5.74, 6) is 0.210. The smallest absolute Gasteiger partial charge is 0.224 e. The van der Waals surface area contributed by atoms with Gasteiger partial charge in [-0.25, -0.2) is 0 Å². The van der Waals surface area contributed by atoms with Crippen LogP contribution in [0.5, 0.6) is 0 Å². The third-order valence-electron chi connectivity index (χ3n) is 3.93. The van der Waals surface area contributed by atoms with Gasteiger partial charge >= 0.3 is 0 Å². The SMILES string of the molecule is CN(CCCN)C(=O)CCN1CCCc2ccccc21. The van der Waals surface area contributed by atoms with E-state index < -0.39 is 0 Å². The first-order valence-electron chi connectivity index (χ1n) is 7.49. The molecular weight excluding hydrogens is 250 g/mol. The number of anilines is 1. The molecule has 0 fully saturated rings. The molecule has 0 aliphatic carbocycles. The predicted octanol–water partition coefficient (Wildman–Crippen LogP) is 1.64. The third-order valence-corrected chi connectivity index (χ3v) is 3.93. The zero-order valence-corrected chi connectivity index (χ0v) is 12.3. The van der Waals surface area contributed by atoms with E-state index in [1.54, 1.807) is 4.90 Å². The number of amides is 1. The third kappa shape index (κ3) is 3.73. The summed E-state index contributed by atoms with van der Waals surface area (Å²) < 4.78 is 0. The van der Waals surface area contributed by atoms with Gasteiger partial charge in [0.2, 0.25) is 5.91 Å².